The lowest BCUT2D eigenvalue weighted by Gasteiger charge is -2.22. The Hall–Kier alpha value is -0.860. The summed E-state index contributed by atoms with van der Waals surface area (Å²) in [6, 6.07) is 9.71. The van der Waals surface area contributed by atoms with Crippen LogP contribution in [0.15, 0.2) is 24.3 Å². The van der Waals surface area contributed by atoms with E-state index >= 15 is 0 Å². The van der Waals surface area contributed by atoms with Crippen LogP contribution in [0.5, 0.6) is 0 Å². The average Bonchev–Trinajstić information content (AvgIpc) is 2.73. The van der Waals surface area contributed by atoms with E-state index in [-0.39, 0.29) is 0 Å². The van der Waals surface area contributed by atoms with E-state index in [4.69, 9.17) is 0 Å². The van der Waals surface area contributed by atoms with E-state index in [1.807, 2.05) is 11.3 Å². The summed E-state index contributed by atoms with van der Waals surface area (Å²) < 4.78 is 1.43. The van der Waals surface area contributed by atoms with Crippen LogP contribution in [0, 0.1) is 6.92 Å². The molecule has 2 aromatic rings. The van der Waals surface area contributed by atoms with Gasteiger partial charge in [-0.1, -0.05) is 18.6 Å². The molecule has 0 spiro atoms. The first kappa shape index (κ1) is 10.3. The van der Waals surface area contributed by atoms with Gasteiger partial charge in [0.05, 0.1) is 0 Å². The Morgan fingerprint density at radius 2 is 2.19 bits per heavy atom. The number of hydrogen-bond donors (Lipinski definition) is 1. The van der Waals surface area contributed by atoms with Crippen LogP contribution in [0.4, 0.5) is 0 Å². The molecule has 2 heteroatoms. The molecule has 0 amide bonds. The Bertz CT molecular complexity index is 494. The van der Waals surface area contributed by atoms with E-state index in [0.717, 1.165) is 0 Å². The number of hydrogen-bond acceptors (Lipinski definition) is 2. The third-order valence-corrected chi connectivity index (χ3v) is 4.56. The van der Waals surface area contributed by atoms with Crippen molar-refractivity contribution in [2.75, 3.05) is 6.54 Å². The van der Waals surface area contributed by atoms with Gasteiger partial charge in [-0.25, -0.2) is 0 Å². The summed E-state index contributed by atoms with van der Waals surface area (Å²) in [7, 11) is 0. The van der Waals surface area contributed by atoms with Crippen molar-refractivity contribution in [1.29, 1.82) is 0 Å². The van der Waals surface area contributed by atoms with E-state index in [1.165, 1.54) is 46.3 Å². The smallest absolute Gasteiger partial charge is 0.0415 e. The van der Waals surface area contributed by atoms with E-state index in [1.54, 1.807) is 0 Å². The van der Waals surface area contributed by atoms with Crippen LogP contribution in [0.1, 0.15) is 35.7 Å². The Morgan fingerprint density at radius 1 is 1.25 bits per heavy atom. The number of rotatable bonds is 1. The average molecular weight is 231 g/mol. The van der Waals surface area contributed by atoms with E-state index in [0.29, 0.717) is 6.04 Å². The number of piperidine rings is 1. The summed E-state index contributed by atoms with van der Waals surface area (Å²) in [5.41, 5.74) is 1.36. The number of benzene rings is 1. The number of thiophene rings is 1. The van der Waals surface area contributed by atoms with Crippen molar-refractivity contribution < 1.29 is 0 Å². The maximum atomic E-state index is 3.62. The van der Waals surface area contributed by atoms with E-state index < -0.39 is 0 Å². The van der Waals surface area contributed by atoms with Crippen LogP contribution in [0.3, 0.4) is 0 Å². The minimum Gasteiger partial charge on any atom is -0.309 e. The lowest BCUT2D eigenvalue weighted by Crippen LogP contribution is -2.25. The second-order valence-electron chi connectivity index (χ2n) is 4.69. The van der Waals surface area contributed by atoms with Crippen molar-refractivity contribution in [3.05, 3.63) is 34.7 Å². The van der Waals surface area contributed by atoms with Gasteiger partial charge in [0.1, 0.15) is 0 Å². The molecule has 1 unspecified atom stereocenters. The Morgan fingerprint density at radius 3 is 3.00 bits per heavy atom. The molecule has 1 aromatic carbocycles. The van der Waals surface area contributed by atoms with Crippen molar-refractivity contribution in [2.24, 2.45) is 0 Å². The van der Waals surface area contributed by atoms with Crippen molar-refractivity contribution in [3.63, 3.8) is 0 Å². The summed E-state index contributed by atoms with van der Waals surface area (Å²) in [6.45, 7) is 3.34. The highest BCUT2D eigenvalue weighted by Crippen LogP contribution is 2.33. The summed E-state index contributed by atoms with van der Waals surface area (Å²) in [5, 5.41) is 5.02. The fourth-order valence-electron chi connectivity index (χ4n) is 2.43. The molecule has 1 aliphatic heterocycles. The van der Waals surface area contributed by atoms with Gasteiger partial charge >= 0.3 is 0 Å². The fraction of sp³-hybridized carbons (Fsp3) is 0.429. The topological polar surface area (TPSA) is 12.0 Å². The van der Waals surface area contributed by atoms with Gasteiger partial charge in [0.15, 0.2) is 0 Å². The van der Waals surface area contributed by atoms with Crippen LogP contribution in [-0.4, -0.2) is 6.54 Å². The minimum atomic E-state index is 0.603. The fourth-order valence-corrected chi connectivity index (χ4v) is 3.70. The van der Waals surface area contributed by atoms with Crippen molar-refractivity contribution >= 4 is 21.4 Å². The molecule has 1 N–H and O–H groups in total. The Balaban J connectivity index is 1.97. The lowest BCUT2D eigenvalue weighted by atomic mass is 10.0. The van der Waals surface area contributed by atoms with Crippen LogP contribution >= 0.6 is 11.3 Å². The van der Waals surface area contributed by atoms with E-state index in [2.05, 4.69) is 36.5 Å². The minimum absolute atomic E-state index is 0.603. The van der Waals surface area contributed by atoms with Crippen LogP contribution in [-0.2, 0) is 0 Å². The normalized spacial score (nSPS) is 21.4. The predicted molar refractivity (Wildman–Crippen MR) is 71.2 cm³/mol. The monoisotopic (exact) mass is 231 g/mol. The molecule has 1 nitrogen and oxygen atoms in total. The number of nitrogens with one attached hydrogen (secondary N) is 1. The van der Waals surface area contributed by atoms with Crippen LogP contribution in [0.25, 0.3) is 10.1 Å². The Labute approximate surface area is 100 Å². The first-order chi connectivity index (χ1) is 7.83. The molecule has 0 aliphatic carbocycles. The first-order valence-corrected chi connectivity index (χ1v) is 6.88. The number of fused-ring (bicyclic) bond motifs is 1. The van der Waals surface area contributed by atoms with Crippen molar-refractivity contribution in [1.82, 2.24) is 5.32 Å². The van der Waals surface area contributed by atoms with Gasteiger partial charge in [-0.15, -0.1) is 11.3 Å². The van der Waals surface area contributed by atoms with Gasteiger partial charge in [0.25, 0.3) is 0 Å². The zero-order valence-electron chi connectivity index (χ0n) is 9.62. The molecule has 0 bridgehead atoms. The molecule has 1 atom stereocenters. The molecule has 1 fully saturated rings. The molecule has 1 saturated heterocycles. The first-order valence-electron chi connectivity index (χ1n) is 6.06. The molecule has 16 heavy (non-hydrogen) atoms. The maximum Gasteiger partial charge on any atom is 0.0415 e. The molecule has 2 heterocycles. The van der Waals surface area contributed by atoms with Gasteiger partial charge in [0.2, 0.25) is 0 Å². The zero-order chi connectivity index (χ0) is 11.0. The van der Waals surface area contributed by atoms with Gasteiger partial charge in [-0.2, -0.15) is 0 Å². The van der Waals surface area contributed by atoms with Gasteiger partial charge in [0, 0.05) is 15.6 Å². The largest absolute Gasteiger partial charge is 0.309 e. The van der Waals surface area contributed by atoms with Crippen molar-refractivity contribution in [2.45, 2.75) is 32.2 Å². The highest BCUT2D eigenvalue weighted by Gasteiger charge is 2.16. The SMILES string of the molecule is Cc1ccc2cc(C3CCCCN3)sc2c1. The molecule has 1 aliphatic rings. The van der Waals surface area contributed by atoms with Crippen LogP contribution < -0.4 is 5.32 Å². The molecule has 1 aromatic heterocycles. The molecular formula is C14H17NS. The summed E-state index contributed by atoms with van der Waals surface area (Å²) in [5.74, 6) is 0. The second-order valence-corrected chi connectivity index (χ2v) is 5.81. The molecular weight excluding hydrogens is 214 g/mol. The summed E-state index contributed by atoms with van der Waals surface area (Å²) >= 11 is 1.96. The van der Waals surface area contributed by atoms with E-state index in [9.17, 15) is 0 Å². The maximum absolute atomic E-state index is 3.62. The second kappa shape index (κ2) is 4.19. The van der Waals surface area contributed by atoms with Crippen molar-refractivity contribution in [3.8, 4) is 0 Å². The molecule has 0 saturated carbocycles. The standard InChI is InChI=1S/C14H17NS/c1-10-5-6-11-9-14(16-13(11)8-10)12-4-2-3-7-15-12/h5-6,8-9,12,15H,2-4,7H2,1H3. The predicted octanol–water partition coefficient (Wildman–Crippen LogP) is 4.02. The van der Waals surface area contributed by atoms with Gasteiger partial charge in [-0.05, 0) is 49.4 Å². The quantitative estimate of drug-likeness (QED) is 0.781. The molecule has 0 radical (unpaired) electrons. The van der Waals surface area contributed by atoms with Gasteiger partial charge < -0.3 is 5.32 Å². The summed E-state index contributed by atoms with van der Waals surface area (Å²) in [6.07, 6.45) is 4.00. The third kappa shape index (κ3) is 1.87. The highest BCUT2D eigenvalue weighted by atomic mass is 32.1. The Kier molecular flexibility index (Phi) is 2.70. The molecule has 84 valence electrons. The third-order valence-electron chi connectivity index (χ3n) is 3.35. The zero-order valence-corrected chi connectivity index (χ0v) is 10.4. The van der Waals surface area contributed by atoms with Gasteiger partial charge in [-0.3, -0.25) is 0 Å². The highest BCUT2D eigenvalue weighted by molar-refractivity contribution is 7.19. The number of aryl methyl sites for hydroxylation is 1. The summed E-state index contributed by atoms with van der Waals surface area (Å²) in [4.78, 5) is 1.51. The molecule has 3 rings (SSSR count). The lowest BCUT2D eigenvalue weighted by molar-refractivity contribution is 0.417. The van der Waals surface area contributed by atoms with Crippen LogP contribution in [0.2, 0.25) is 0 Å².